The summed E-state index contributed by atoms with van der Waals surface area (Å²) >= 11 is 13.6. The maximum atomic E-state index is 12.6. The van der Waals surface area contributed by atoms with Gasteiger partial charge in [0.05, 0.1) is 5.02 Å². The van der Waals surface area contributed by atoms with Crippen LogP contribution in [0.4, 0.5) is 5.82 Å². The molecular weight excluding hydrogens is 381 g/mol. The fourth-order valence-electron chi connectivity index (χ4n) is 2.41. The van der Waals surface area contributed by atoms with Gasteiger partial charge in [0.2, 0.25) is 5.82 Å². The van der Waals surface area contributed by atoms with Gasteiger partial charge in [-0.3, -0.25) is 4.79 Å². The summed E-state index contributed by atoms with van der Waals surface area (Å²) < 4.78 is 5.62. The molecule has 0 aliphatic heterocycles. The molecule has 0 atom stereocenters. The Balaban J connectivity index is 1.68. The number of benzene rings is 2. The van der Waals surface area contributed by atoms with Crippen molar-refractivity contribution in [2.45, 2.75) is 0 Å². The minimum Gasteiger partial charge on any atom is -0.301 e. The number of hydrogen-bond acceptors (Lipinski definition) is 5. The Morgan fingerprint density at radius 3 is 2.68 bits per heavy atom. The summed E-state index contributed by atoms with van der Waals surface area (Å²) in [6, 6.07) is 14.6. The summed E-state index contributed by atoms with van der Waals surface area (Å²) in [4.78, 5) is 13.0. The van der Waals surface area contributed by atoms with Crippen molar-refractivity contribution < 1.29 is 9.42 Å². The molecule has 2 heterocycles. The summed E-state index contributed by atoms with van der Waals surface area (Å²) in [7, 11) is 0. The minimum atomic E-state index is -0.379. The van der Waals surface area contributed by atoms with E-state index in [2.05, 4.69) is 15.6 Å². The number of carbonyl (C=O) groups excluding carboxylic acids is 1. The van der Waals surface area contributed by atoms with Gasteiger partial charge in [0, 0.05) is 20.7 Å². The SMILES string of the molecule is O=C(Nc1nonc1-c1ccccc1)c1sc2cc(Cl)ccc2c1Cl. The van der Waals surface area contributed by atoms with Crippen LogP contribution in [-0.4, -0.2) is 16.2 Å². The molecule has 0 aliphatic rings. The molecule has 5 nitrogen and oxygen atoms in total. The Kier molecular flexibility index (Phi) is 4.17. The van der Waals surface area contributed by atoms with Crippen molar-refractivity contribution in [3.63, 3.8) is 0 Å². The zero-order valence-corrected chi connectivity index (χ0v) is 14.8. The van der Waals surface area contributed by atoms with Crippen LogP contribution in [-0.2, 0) is 0 Å². The van der Waals surface area contributed by atoms with Gasteiger partial charge < -0.3 is 5.32 Å². The Labute approximate surface area is 156 Å². The Morgan fingerprint density at radius 2 is 1.88 bits per heavy atom. The number of aromatic nitrogens is 2. The molecule has 0 aliphatic carbocycles. The number of hydrogen-bond donors (Lipinski definition) is 1. The lowest BCUT2D eigenvalue weighted by Crippen LogP contribution is -2.11. The molecule has 0 unspecified atom stereocenters. The van der Waals surface area contributed by atoms with Crippen molar-refractivity contribution in [2.24, 2.45) is 0 Å². The van der Waals surface area contributed by atoms with Crippen molar-refractivity contribution in [1.82, 2.24) is 10.3 Å². The van der Waals surface area contributed by atoms with Gasteiger partial charge in [0.1, 0.15) is 4.88 Å². The number of carbonyl (C=O) groups is 1. The number of fused-ring (bicyclic) bond motifs is 1. The van der Waals surface area contributed by atoms with E-state index < -0.39 is 0 Å². The van der Waals surface area contributed by atoms with Gasteiger partial charge in [0.15, 0.2) is 5.69 Å². The lowest BCUT2D eigenvalue weighted by atomic mass is 10.1. The van der Waals surface area contributed by atoms with Crippen LogP contribution in [0.25, 0.3) is 21.3 Å². The number of rotatable bonds is 3. The van der Waals surface area contributed by atoms with E-state index >= 15 is 0 Å². The van der Waals surface area contributed by atoms with Crippen LogP contribution in [0.15, 0.2) is 53.2 Å². The quantitative estimate of drug-likeness (QED) is 0.501. The molecule has 0 radical (unpaired) electrons. The first kappa shape index (κ1) is 16.1. The predicted molar refractivity (Wildman–Crippen MR) is 99.5 cm³/mol. The standard InChI is InChI=1S/C17H9Cl2N3O2S/c18-10-6-7-11-12(8-10)25-15(13(11)19)17(23)20-16-14(21-24-22-16)9-4-2-1-3-5-9/h1-8H,(H,20,22,23). The highest BCUT2D eigenvalue weighted by molar-refractivity contribution is 7.21. The number of amides is 1. The summed E-state index contributed by atoms with van der Waals surface area (Å²) in [5, 5.41) is 12.1. The van der Waals surface area contributed by atoms with Gasteiger partial charge in [-0.25, -0.2) is 4.63 Å². The maximum Gasteiger partial charge on any atom is 0.268 e. The molecule has 0 fully saturated rings. The van der Waals surface area contributed by atoms with Gasteiger partial charge in [-0.1, -0.05) is 59.6 Å². The van der Waals surface area contributed by atoms with E-state index in [9.17, 15) is 4.79 Å². The molecule has 25 heavy (non-hydrogen) atoms. The van der Waals surface area contributed by atoms with Gasteiger partial charge >= 0.3 is 0 Å². The second kappa shape index (κ2) is 6.48. The molecule has 0 saturated heterocycles. The van der Waals surface area contributed by atoms with Crippen LogP contribution in [0.5, 0.6) is 0 Å². The largest absolute Gasteiger partial charge is 0.301 e. The van der Waals surface area contributed by atoms with Gasteiger partial charge in [-0.2, -0.15) is 0 Å². The average Bonchev–Trinajstić information content (AvgIpc) is 3.20. The molecule has 124 valence electrons. The van der Waals surface area contributed by atoms with Crippen LogP contribution >= 0.6 is 34.5 Å². The second-order valence-electron chi connectivity index (χ2n) is 5.17. The Morgan fingerprint density at radius 1 is 1.08 bits per heavy atom. The summed E-state index contributed by atoms with van der Waals surface area (Å²) in [6.07, 6.45) is 0. The molecule has 1 N–H and O–H groups in total. The summed E-state index contributed by atoms with van der Waals surface area (Å²) in [6.45, 7) is 0. The first-order valence-corrected chi connectivity index (χ1v) is 8.77. The van der Waals surface area contributed by atoms with Crippen LogP contribution in [0.1, 0.15) is 9.67 Å². The van der Waals surface area contributed by atoms with E-state index in [0.717, 1.165) is 15.6 Å². The van der Waals surface area contributed by atoms with Crippen LogP contribution in [0, 0.1) is 0 Å². The number of anilines is 1. The molecule has 0 saturated carbocycles. The lowest BCUT2D eigenvalue weighted by Gasteiger charge is -2.02. The van der Waals surface area contributed by atoms with E-state index in [-0.39, 0.29) is 11.7 Å². The normalized spacial score (nSPS) is 11.0. The van der Waals surface area contributed by atoms with Crippen molar-refractivity contribution in [3.8, 4) is 11.3 Å². The first-order valence-electron chi connectivity index (χ1n) is 7.20. The smallest absolute Gasteiger partial charge is 0.268 e. The third-order valence-electron chi connectivity index (χ3n) is 3.57. The van der Waals surface area contributed by atoms with E-state index in [1.54, 1.807) is 18.2 Å². The number of nitrogens with zero attached hydrogens (tertiary/aromatic N) is 2. The Bertz CT molecular complexity index is 1080. The van der Waals surface area contributed by atoms with Crippen molar-refractivity contribution in [2.75, 3.05) is 5.32 Å². The van der Waals surface area contributed by atoms with Crippen LogP contribution in [0.2, 0.25) is 10.0 Å². The molecule has 4 rings (SSSR count). The van der Waals surface area contributed by atoms with Crippen molar-refractivity contribution in [1.29, 1.82) is 0 Å². The number of halogens is 2. The highest BCUT2D eigenvalue weighted by atomic mass is 35.5. The highest BCUT2D eigenvalue weighted by Crippen LogP contribution is 2.37. The molecule has 4 aromatic rings. The summed E-state index contributed by atoms with van der Waals surface area (Å²) in [5.74, 6) is -0.141. The first-order chi connectivity index (χ1) is 12.1. The highest BCUT2D eigenvalue weighted by Gasteiger charge is 2.21. The maximum absolute atomic E-state index is 12.6. The molecule has 0 spiro atoms. The minimum absolute atomic E-state index is 0.239. The fourth-order valence-corrected chi connectivity index (χ4v) is 4.09. The molecule has 8 heteroatoms. The van der Waals surface area contributed by atoms with Crippen LogP contribution < -0.4 is 5.32 Å². The zero-order valence-electron chi connectivity index (χ0n) is 12.5. The van der Waals surface area contributed by atoms with E-state index in [0.29, 0.717) is 20.6 Å². The van der Waals surface area contributed by atoms with Crippen molar-refractivity contribution >= 4 is 56.3 Å². The predicted octanol–water partition coefficient (Wildman–Crippen LogP) is 5.51. The topological polar surface area (TPSA) is 68.0 Å². The van der Waals surface area contributed by atoms with Gasteiger partial charge in [-0.15, -0.1) is 11.3 Å². The molecular formula is C17H9Cl2N3O2S. The van der Waals surface area contributed by atoms with Crippen molar-refractivity contribution in [3.05, 3.63) is 63.5 Å². The van der Waals surface area contributed by atoms with Gasteiger partial charge in [-0.05, 0) is 22.4 Å². The molecule has 2 aromatic heterocycles. The monoisotopic (exact) mass is 389 g/mol. The van der Waals surface area contributed by atoms with E-state index in [1.807, 2.05) is 30.3 Å². The molecule has 0 bridgehead atoms. The van der Waals surface area contributed by atoms with E-state index in [1.165, 1.54) is 11.3 Å². The number of thiophene rings is 1. The number of nitrogens with one attached hydrogen (secondary N) is 1. The molecule has 2 aromatic carbocycles. The Hall–Kier alpha value is -2.41. The lowest BCUT2D eigenvalue weighted by molar-refractivity contribution is 0.103. The molecule has 1 amide bonds. The third kappa shape index (κ3) is 3.00. The zero-order chi connectivity index (χ0) is 17.4. The van der Waals surface area contributed by atoms with Crippen LogP contribution in [0.3, 0.4) is 0 Å². The van der Waals surface area contributed by atoms with E-state index in [4.69, 9.17) is 27.8 Å². The third-order valence-corrected chi connectivity index (χ3v) is 5.46. The average molecular weight is 390 g/mol. The summed E-state index contributed by atoms with van der Waals surface area (Å²) in [5.41, 5.74) is 1.24. The van der Waals surface area contributed by atoms with Gasteiger partial charge in [0.25, 0.3) is 5.91 Å². The second-order valence-corrected chi connectivity index (χ2v) is 7.03. The fraction of sp³-hybridized carbons (Fsp3) is 0.